The Morgan fingerprint density at radius 2 is 1.82 bits per heavy atom. The second-order valence-corrected chi connectivity index (χ2v) is 5.03. The van der Waals surface area contributed by atoms with Gasteiger partial charge in [0.05, 0.1) is 0 Å². The highest BCUT2D eigenvalue weighted by molar-refractivity contribution is 5.79. The third-order valence-corrected chi connectivity index (χ3v) is 3.89. The van der Waals surface area contributed by atoms with Gasteiger partial charge in [0, 0.05) is 12.0 Å². The van der Waals surface area contributed by atoms with Crippen LogP contribution in [0.5, 0.6) is 0 Å². The second kappa shape index (κ2) is 4.91. The monoisotopic (exact) mass is 231 g/mol. The quantitative estimate of drug-likeness (QED) is 0.848. The van der Waals surface area contributed by atoms with Crippen LogP contribution in [0.3, 0.4) is 0 Å². The first kappa shape index (κ1) is 12.2. The van der Waals surface area contributed by atoms with E-state index >= 15 is 0 Å². The summed E-state index contributed by atoms with van der Waals surface area (Å²) < 4.78 is 0. The van der Waals surface area contributed by atoms with Gasteiger partial charge in [-0.2, -0.15) is 0 Å². The fraction of sp³-hybridized carbons (Fsp3) is 0.533. The molecule has 2 rings (SSSR count). The molecule has 0 spiro atoms. The van der Waals surface area contributed by atoms with E-state index in [1.54, 1.807) is 0 Å². The molecule has 1 aromatic rings. The average Bonchev–Trinajstić information content (AvgIpc) is 2.72. The molecule has 1 heterocycles. The van der Waals surface area contributed by atoms with Crippen molar-refractivity contribution in [3.05, 3.63) is 35.4 Å². The minimum Gasteiger partial charge on any atom is -0.350 e. The Labute approximate surface area is 103 Å². The van der Waals surface area contributed by atoms with Crippen molar-refractivity contribution in [2.24, 2.45) is 0 Å². The van der Waals surface area contributed by atoms with E-state index in [1.807, 2.05) is 0 Å². The van der Waals surface area contributed by atoms with Gasteiger partial charge in [0.2, 0.25) is 5.91 Å². The Morgan fingerprint density at radius 3 is 2.29 bits per heavy atom. The number of amides is 1. The predicted molar refractivity (Wildman–Crippen MR) is 69.9 cm³/mol. The van der Waals surface area contributed by atoms with E-state index < -0.39 is 0 Å². The Bertz CT molecular complexity index is 396. The molecule has 1 aliphatic heterocycles. The van der Waals surface area contributed by atoms with Crippen LogP contribution in [0, 0.1) is 0 Å². The van der Waals surface area contributed by atoms with Crippen LogP contribution in [0.15, 0.2) is 24.3 Å². The summed E-state index contributed by atoms with van der Waals surface area (Å²) >= 11 is 0. The summed E-state index contributed by atoms with van der Waals surface area (Å²) in [7, 11) is 0. The number of benzene rings is 1. The summed E-state index contributed by atoms with van der Waals surface area (Å²) in [5, 5.41) is 3.16. The second-order valence-electron chi connectivity index (χ2n) is 5.03. The smallest absolute Gasteiger partial charge is 0.220 e. The van der Waals surface area contributed by atoms with Crippen LogP contribution in [0.25, 0.3) is 0 Å². The van der Waals surface area contributed by atoms with Gasteiger partial charge in [-0.3, -0.25) is 4.79 Å². The van der Waals surface area contributed by atoms with Crippen molar-refractivity contribution in [2.75, 3.05) is 0 Å². The molecule has 1 unspecified atom stereocenters. The van der Waals surface area contributed by atoms with Crippen molar-refractivity contribution in [2.45, 2.75) is 51.5 Å². The largest absolute Gasteiger partial charge is 0.350 e. The van der Waals surface area contributed by atoms with Crippen molar-refractivity contribution >= 4 is 5.91 Å². The zero-order valence-corrected chi connectivity index (χ0v) is 10.8. The van der Waals surface area contributed by atoms with Crippen LogP contribution in [-0.2, 0) is 17.6 Å². The number of hydrogen-bond donors (Lipinski definition) is 1. The summed E-state index contributed by atoms with van der Waals surface area (Å²) in [5.41, 5.74) is 2.70. The molecule has 1 amide bonds. The van der Waals surface area contributed by atoms with Crippen LogP contribution in [0.4, 0.5) is 0 Å². The summed E-state index contributed by atoms with van der Waals surface area (Å²) in [5.74, 6) is 0.206. The molecule has 0 aliphatic carbocycles. The van der Waals surface area contributed by atoms with Gasteiger partial charge in [-0.15, -0.1) is 0 Å². The molecule has 0 aromatic heterocycles. The highest BCUT2D eigenvalue weighted by Crippen LogP contribution is 2.28. The Balaban J connectivity index is 2.10. The van der Waals surface area contributed by atoms with Crippen molar-refractivity contribution in [3.8, 4) is 0 Å². The SMILES string of the molecule is CCc1ccc(CC2(CC)CCC(=O)N2)cc1. The Morgan fingerprint density at radius 1 is 1.18 bits per heavy atom. The molecule has 2 heteroatoms. The summed E-state index contributed by atoms with van der Waals surface area (Å²) in [6.07, 6.45) is 4.70. The summed E-state index contributed by atoms with van der Waals surface area (Å²) in [6, 6.07) is 8.77. The highest BCUT2D eigenvalue weighted by Gasteiger charge is 2.35. The lowest BCUT2D eigenvalue weighted by Crippen LogP contribution is -2.42. The molecule has 17 heavy (non-hydrogen) atoms. The van der Waals surface area contributed by atoms with Crippen molar-refractivity contribution in [3.63, 3.8) is 0 Å². The molecule has 1 saturated heterocycles. The van der Waals surface area contributed by atoms with E-state index in [1.165, 1.54) is 11.1 Å². The molecular formula is C15H21NO. The molecule has 92 valence electrons. The number of hydrogen-bond acceptors (Lipinski definition) is 1. The predicted octanol–water partition coefficient (Wildman–Crippen LogP) is 2.85. The number of rotatable bonds is 4. The van der Waals surface area contributed by atoms with Crippen molar-refractivity contribution < 1.29 is 4.79 Å². The van der Waals surface area contributed by atoms with Crippen LogP contribution in [0.2, 0.25) is 0 Å². The lowest BCUT2D eigenvalue weighted by molar-refractivity contribution is -0.119. The van der Waals surface area contributed by atoms with Crippen LogP contribution in [-0.4, -0.2) is 11.4 Å². The zero-order chi connectivity index (χ0) is 12.3. The minimum atomic E-state index is 0.00478. The first-order valence-electron chi connectivity index (χ1n) is 6.56. The lowest BCUT2D eigenvalue weighted by Gasteiger charge is -2.28. The fourth-order valence-electron chi connectivity index (χ4n) is 2.58. The maximum Gasteiger partial charge on any atom is 0.220 e. The zero-order valence-electron chi connectivity index (χ0n) is 10.8. The number of carbonyl (C=O) groups is 1. The molecule has 0 radical (unpaired) electrons. The average molecular weight is 231 g/mol. The van der Waals surface area contributed by atoms with Gasteiger partial charge in [0.15, 0.2) is 0 Å². The van der Waals surface area contributed by atoms with Gasteiger partial charge in [-0.1, -0.05) is 38.1 Å². The topological polar surface area (TPSA) is 29.1 Å². The van der Waals surface area contributed by atoms with E-state index in [0.29, 0.717) is 6.42 Å². The van der Waals surface area contributed by atoms with Gasteiger partial charge in [0.25, 0.3) is 0 Å². The van der Waals surface area contributed by atoms with Gasteiger partial charge in [0.1, 0.15) is 0 Å². The molecular weight excluding hydrogens is 210 g/mol. The standard InChI is InChI=1S/C15H21NO/c1-3-12-5-7-13(8-6-12)11-15(4-2)10-9-14(17)16-15/h5-8H,3-4,9-11H2,1-2H3,(H,16,17). The van der Waals surface area contributed by atoms with Crippen LogP contribution in [0.1, 0.15) is 44.2 Å². The minimum absolute atomic E-state index is 0.00478. The molecule has 1 fully saturated rings. The van der Waals surface area contributed by atoms with Gasteiger partial charge in [-0.05, 0) is 36.8 Å². The molecule has 0 saturated carbocycles. The number of carbonyl (C=O) groups excluding carboxylic acids is 1. The summed E-state index contributed by atoms with van der Waals surface area (Å²) in [6.45, 7) is 4.33. The molecule has 1 atom stereocenters. The highest BCUT2D eigenvalue weighted by atomic mass is 16.2. The van der Waals surface area contributed by atoms with E-state index in [2.05, 4.69) is 43.4 Å². The number of nitrogens with one attached hydrogen (secondary N) is 1. The third-order valence-electron chi connectivity index (χ3n) is 3.89. The first-order valence-corrected chi connectivity index (χ1v) is 6.56. The van der Waals surface area contributed by atoms with Crippen LogP contribution < -0.4 is 5.32 Å². The van der Waals surface area contributed by atoms with Gasteiger partial charge >= 0.3 is 0 Å². The number of aryl methyl sites for hydroxylation is 1. The van der Waals surface area contributed by atoms with Crippen molar-refractivity contribution in [1.82, 2.24) is 5.32 Å². The Kier molecular flexibility index (Phi) is 3.51. The normalized spacial score (nSPS) is 23.8. The molecule has 1 aliphatic rings. The molecule has 0 bridgehead atoms. The van der Waals surface area contributed by atoms with Crippen molar-refractivity contribution in [1.29, 1.82) is 0 Å². The van der Waals surface area contributed by atoms with Gasteiger partial charge < -0.3 is 5.32 Å². The molecule has 1 N–H and O–H groups in total. The van der Waals surface area contributed by atoms with Gasteiger partial charge in [-0.25, -0.2) is 0 Å². The van der Waals surface area contributed by atoms with Crippen LogP contribution >= 0.6 is 0 Å². The van der Waals surface area contributed by atoms with E-state index in [-0.39, 0.29) is 11.4 Å². The van der Waals surface area contributed by atoms with E-state index in [4.69, 9.17) is 0 Å². The summed E-state index contributed by atoms with van der Waals surface area (Å²) in [4.78, 5) is 11.4. The maximum absolute atomic E-state index is 11.4. The van der Waals surface area contributed by atoms with E-state index in [0.717, 1.165) is 25.7 Å². The fourth-order valence-corrected chi connectivity index (χ4v) is 2.58. The first-order chi connectivity index (χ1) is 8.17. The molecule has 2 nitrogen and oxygen atoms in total. The Hall–Kier alpha value is -1.31. The lowest BCUT2D eigenvalue weighted by atomic mass is 9.86. The third kappa shape index (κ3) is 2.68. The molecule has 1 aromatic carbocycles. The van der Waals surface area contributed by atoms with E-state index in [9.17, 15) is 4.79 Å². The maximum atomic E-state index is 11.4.